The van der Waals surface area contributed by atoms with Crippen LogP contribution in [0.5, 0.6) is 0 Å². The van der Waals surface area contributed by atoms with Crippen LogP contribution in [0, 0.1) is 6.92 Å². The van der Waals surface area contributed by atoms with E-state index < -0.39 is 29.7 Å². The zero-order valence-electron chi connectivity index (χ0n) is 13.3. The van der Waals surface area contributed by atoms with E-state index in [0.717, 1.165) is 16.9 Å². The molecule has 4 amide bonds. The quantitative estimate of drug-likeness (QED) is 0.800. The van der Waals surface area contributed by atoms with Crippen molar-refractivity contribution in [1.82, 2.24) is 10.6 Å². The van der Waals surface area contributed by atoms with Gasteiger partial charge in [0.25, 0.3) is 17.5 Å². The number of nitrogens with one attached hydrogen (secondary N) is 2. The van der Waals surface area contributed by atoms with Crippen molar-refractivity contribution in [1.29, 1.82) is 0 Å². The zero-order chi connectivity index (χ0) is 19.1. The summed E-state index contributed by atoms with van der Waals surface area (Å²) in [6.07, 6.45) is -5.24. The van der Waals surface area contributed by atoms with E-state index in [1.54, 1.807) is 29.7 Å². The van der Waals surface area contributed by atoms with Crippen LogP contribution in [0.3, 0.4) is 0 Å². The standard InChI is InChI=1S/C16H12F3N3O3S/c1-9-4-6-10(7-5-9)22-13(24)15(16(17,18)19,21-14(22)25)20-12(23)11-3-2-8-26-11/h2-8H,1H3,(H,20,23)(H,21,25)/t15-/m1/s1. The summed E-state index contributed by atoms with van der Waals surface area (Å²) in [5, 5.41) is 4.75. The minimum absolute atomic E-state index is 0.0236. The van der Waals surface area contributed by atoms with Gasteiger partial charge in [0.1, 0.15) is 0 Å². The van der Waals surface area contributed by atoms with E-state index >= 15 is 0 Å². The molecule has 2 N–H and O–H groups in total. The molecule has 0 aliphatic carbocycles. The first kappa shape index (κ1) is 17.9. The van der Waals surface area contributed by atoms with Crippen molar-refractivity contribution < 1.29 is 27.6 Å². The van der Waals surface area contributed by atoms with Gasteiger partial charge in [-0.2, -0.15) is 13.2 Å². The van der Waals surface area contributed by atoms with Crippen molar-refractivity contribution in [3.63, 3.8) is 0 Å². The van der Waals surface area contributed by atoms with E-state index in [-0.39, 0.29) is 10.6 Å². The van der Waals surface area contributed by atoms with Crippen LogP contribution in [-0.4, -0.2) is 29.7 Å². The maximum Gasteiger partial charge on any atom is 0.440 e. The first-order chi connectivity index (χ1) is 12.2. The Hall–Kier alpha value is -2.88. The lowest BCUT2D eigenvalue weighted by molar-refractivity contribution is -0.197. The molecule has 10 heteroatoms. The maximum absolute atomic E-state index is 13.7. The third kappa shape index (κ3) is 2.81. The molecule has 0 unspecified atom stereocenters. The van der Waals surface area contributed by atoms with Gasteiger partial charge in [-0.15, -0.1) is 11.3 Å². The molecular weight excluding hydrogens is 371 g/mol. The molecule has 0 spiro atoms. The van der Waals surface area contributed by atoms with Crippen LogP contribution < -0.4 is 15.5 Å². The molecule has 2 heterocycles. The van der Waals surface area contributed by atoms with E-state index in [4.69, 9.17) is 0 Å². The minimum Gasteiger partial charge on any atom is -0.313 e. The first-order valence-corrected chi connectivity index (χ1v) is 8.20. The maximum atomic E-state index is 13.7. The van der Waals surface area contributed by atoms with Crippen LogP contribution >= 0.6 is 11.3 Å². The van der Waals surface area contributed by atoms with Gasteiger partial charge in [-0.05, 0) is 30.5 Å². The lowest BCUT2D eigenvalue weighted by Crippen LogP contribution is -2.69. The summed E-state index contributed by atoms with van der Waals surface area (Å²) < 4.78 is 41.2. The van der Waals surface area contributed by atoms with Gasteiger partial charge >= 0.3 is 12.2 Å². The van der Waals surface area contributed by atoms with Crippen molar-refractivity contribution in [2.24, 2.45) is 0 Å². The molecule has 3 rings (SSSR count). The molecule has 136 valence electrons. The van der Waals surface area contributed by atoms with Gasteiger partial charge in [-0.25, -0.2) is 9.69 Å². The molecule has 2 aromatic rings. The highest BCUT2D eigenvalue weighted by molar-refractivity contribution is 7.12. The Balaban J connectivity index is 2.00. The number of amides is 4. The van der Waals surface area contributed by atoms with Gasteiger partial charge in [-0.1, -0.05) is 23.8 Å². The fourth-order valence-electron chi connectivity index (χ4n) is 2.45. The molecule has 1 aliphatic heterocycles. The molecule has 1 fully saturated rings. The molecule has 6 nitrogen and oxygen atoms in total. The van der Waals surface area contributed by atoms with E-state index in [2.05, 4.69) is 0 Å². The summed E-state index contributed by atoms with van der Waals surface area (Å²) >= 11 is 0.908. The summed E-state index contributed by atoms with van der Waals surface area (Å²) in [6.45, 7) is 1.75. The number of carbonyl (C=O) groups excluding carboxylic acids is 3. The van der Waals surface area contributed by atoms with E-state index in [1.807, 2.05) is 0 Å². The molecule has 26 heavy (non-hydrogen) atoms. The number of hydrogen-bond donors (Lipinski definition) is 2. The molecule has 0 saturated carbocycles. The molecule has 1 aliphatic rings. The second-order valence-corrected chi connectivity index (χ2v) is 6.53. The number of thiophene rings is 1. The molecule has 1 saturated heterocycles. The highest BCUT2D eigenvalue weighted by Gasteiger charge is 2.69. The normalized spacial score (nSPS) is 20.2. The van der Waals surface area contributed by atoms with Crippen molar-refractivity contribution in [2.45, 2.75) is 18.8 Å². The topological polar surface area (TPSA) is 78.5 Å². The van der Waals surface area contributed by atoms with Crippen LogP contribution in [0.25, 0.3) is 0 Å². The Bertz CT molecular complexity index is 865. The van der Waals surface area contributed by atoms with E-state index in [9.17, 15) is 27.6 Å². The predicted molar refractivity (Wildman–Crippen MR) is 87.8 cm³/mol. The number of carbonyl (C=O) groups is 3. The summed E-state index contributed by atoms with van der Waals surface area (Å²) in [7, 11) is 0. The summed E-state index contributed by atoms with van der Waals surface area (Å²) in [4.78, 5) is 37.2. The minimum atomic E-state index is -5.24. The predicted octanol–water partition coefficient (Wildman–Crippen LogP) is 2.80. The smallest absolute Gasteiger partial charge is 0.313 e. The number of anilines is 1. The molecule has 0 radical (unpaired) electrons. The van der Waals surface area contributed by atoms with Gasteiger partial charge in [0.15, 0.2) is 0 Å². The van der Waals surface area contributed by atoms with Crippen molar-refractivity contribution in [3.8, 4) is 0 Å². The monoisotopic (exact) mass is 383 g/mol. The van der Waals surface area contributed by atoms with Crippen LogP contribution in [0.1, 0.15) is 15.2 Å². The Morgan fingerprint density at radius 2 is 1.85 bits per heavy atom. The number of urea groups is 1. The molecular formula is C16H12F3N3O3S. The van der Waals surface area contributed by atoms with E-state index in [1.165, 1.54) is 29.6 Å². The van der Waals surface area contributed by atoms with Crippen molar-refractivity contribution in [2.75, 3.05) is 4.90 Å². The number of nitrogens with zero attached hydrogens (tertiary/aromatic N) is 1. The van der Waals surface area contributed by atoms with Crippen LogP contribution in [0.15, 0.2) is 41.8 Å². The molecule has 1 aromatic carbocycles. The van der Waals surface area contributed by atoms with Crippen molar-refractivity contribution >= 4 is 34.9 Å². The third-order valence-corrected chi connectivity index (χ3v) is 4.65. The van der Waals surface area contributed by atoms with Gasteiger partial charge in [0, 0.05) is 0 Å². The lowest BCUT2D eigenvalue weighted by atomic mass is 10.1. The van der Waals surface area contributed by atoms with Crippen LogP contribution in [0.4, 0.5) is 23.7 Å². The highest BCUT2D eigenvalue weighted by Crippen LogP contribution is 2.36. The fraction of sp³-hybridized carbons (Fsp3) is 0.188. The van der Waals surface area contributed by atoms with Gasteiger partial charge in [-0.3, -0.25) is 14.9 Å². The Kier molecular flexibility index (Phi) is 4.23. The highest BCUT2D eigenvalue weighted by atomic mass is 32.1. The molecule has 0 bridgehead atoms. The number of hydrogen-bond acceptors (Lipinski definition) is 4. The van der Waals surface area contributed by atoms with Crippen molar-refractivity contribution in [3.05, 3.63) is 52.2 Å². The molecule has 1 atom stereocenters. The SMILES string of the molecule is Cc1ccc(N2C(=O)N[C@@](NC(=O)c3cccs3)(C(F)(F)F)C2=O)cc1. The van der Waals surface area contributed by atoms with Gasteiger partial charge in [0.2, 0.25) is 0 Å². The van der Waals surface area contributed by atoms with E-state index in [0.29, 0.717) is 4.90 Å². The largest absolute Gasteiger partial charge is 0.440 e. The third-order valence-electron chi connectivity index (χ3n) is 3.78. The number of rotatable bonds is 3. The number of alkyl halides is 3. The Labute approximate surface area is 149 Å². The zero-order valence-corrected chi connectivity index (χ0v) is 14.1. The average Bonchev–Trinajstić information content (AvgIpc) is 3.16. The van der Waals surface area contributed by atoms with Gasteiger partial charge < -0.3 is 5.32 Å². The summed E-state index contributed by atoms with van der Waals surface area (Å²) in [6, 6.07) is 7.31. The van der Waals surface area contributed by atoms with Crippen LogP contribution in [0.2, 0.25) is 0 Å². The average molecular weight is 383 g/mol. The second-order valence-electron chi connectivity index (χ2n) is 5.59. The number of halogens is 3. The first-order valence-electron chi connectivity index (χ1n) is 7.32. The van der Waals surface area contributed by atoms with Crippen LogP contribution in [-0.2, 0) is 4.79 Å². The Morgan fingerprint density at radius 3 is 2.38 bits per heavy atom. The molecule has 1 aromatic heterocycles. The van der Waals surface area contributed by atoms with Gasteiger partial charge in [0.05, 0.1) is 10.6 Å². The summed E-state index contributed by atoms with van der Waals surface area (Å²) in [5.41, 5.74) is -2.76. The lowest BCUT2D eigenvalue weighted by Gasteiger charge is -2.29. The number of benzene rings is 1. The summed E-state index contributed by atoms with van der Waals surface area (Å²) in [5.74, 6) is -2.74. The fourth-order valence-corrected chi connectivity index (χ4v) is 3.06. The second kappa shape index (κ2) is 6.13. The number of aryl methyl sites for hydroxylation is 1. The Morgan fingerprint density at radius 1 is 1.19 bits per heavy atom. The number of imide groups is 1.